The number of anilines is 1. The smallest absolute Gasteiger partial charge is 0.228 e. The van der Waals surface area contributed by atoms with Gasteiger partial charge < -0.3 is 14.7 Å². The Hall–Kier alpha value is -2.44. The van der Waals surface area contributed by atoms with Crippen molar-refractivity contribution in [2.45, 2.75) is 44.9 Å². The Morgan fingerprint density at radius 3 is 2.32 bits per heavy atom. The Bertz CT molecular complexity index is 890. The summed E-state index contributed by atoms with van der Waals surface area (Å²) in [6.07, 6.45) is 6.24. The summed E-state index contributed by atoms with van der Waals surface area (Å²) in [5.74, 6) is -0.630. The predicted molar refractivity (Wildman–Crippen MR) is 114 cm³/mol. The van der Waals surface area contributed by atoms with Crippen LogP contribution in [0.2, 0.25) is 0 Å². The zero-order chi connectivity index (χ0) is 21.6. The zero-order valence-corrected chi connectivity index (χ0v) is 17.9. The number of nitrogens with zero attached hydrogens (tertiary/aromatic N) is 3. The number of amides is 3. The summed E-state index contributed by atoms with van der Waals surface area (Å²) >= 11 is 0. The fraction of sp³-hybridized carbons (Fsp3) is 0.625. The maximum atomic E-state index is 14.1. The number of halogens is 1. The number of piperidine rings is 2. The number of carbonyl (C=O) groups is 3. The zero-order valence-electron chi connectivity index (χ0n) is 17.9. The molecule has 5 rings (SSSR count). The third-order valence-electron chi connectivity index (χ3n) is 7.84. The van der Waals surface area contributed by atoms with Gasteiger partial charge >= 0.3 is 0 Å². The van der Waals surface area contributed by atoms with E-state index >= 15 is 0 Å². The summed E-state index contributed by atoms with van der Waals surface area (Å²) in [5, 5.41) is 0. The Kier molecular flexibility index (Phi) is 5.22. The van der Waals surface area contributed by atoms with Crippen molar-refractivity contribution in [3.8, 4) is 0 Å². The molecule has 0 N–H and O–H groups in total. The lowest BCUT2D eigenvalue weighted by molar-refractivity contribution is -0.138. The number of rotatable bonds is 3. The van der Waals surface area contributed by atoms with E-state index in [4.69, 9.17) is 0 Å². The molecule has 4 aliphatic rings. The van der Waals surface area contributed by atoms with Crippen LogP contribution in [0.5, 0.6) is 0 Å². The highest BCUT2D eigenvalue weighted by Gasteiger charge is 2.59. The first-order valence-corrected chi connectivity index (χ1v) is 11.6. The Balaban J connectivity index is 1.16. The largest absolute Gasteiger partial charge is 0.342 e. The first-order valence-electron chi connectivity index (χ1n) is 11.6. The van der Waals surface area contributed by atoms with Crippen LogP contribution in [0.15, 0.2) is 24.3 Å². The molecule has 0 radical (unpaired) electrons. The second-order valence-corrected chi connectivity index (χ2v) is 9.69. The molecule has 7 heteroatoms. The molecule has 6 nitrogen and oxygen atoms in total. The SMILES string of the molecule is O=C([C@H]1CC(=O)N(c2ccccc2F)C1)N1CCC2(CC1)C[C@@H]2C(=O)N1CCCCC1. The van der Waals surface area contributed by atoms with E-state index in [1.807, 2.05) is 9.80 Å². The van der Waals surface area contributed by atoms with Crippen LogP contribution >= 0.6 is 0 Å². The van der Waals surface area contributed by atoms with E-state index < -0.39 is 11.7 Å². The minimum atomic E-state index is -0.443. The molecule has 0 bridgehead atoms. The fourth-order valence-electron chi connectivity index (χ4n) is 5.79. The van der Waals surface area contributed by atoms with Gasteiger partial charge in [0.15, 0.2) is 0 Å². The van der Waals surface area contributed by atoms with Crippen molar-refractivity contribution in [2.24, 2.45) is 17.3 Å². The quantitative estimate of drug-likeness (QED) is 0.745. The molecular weight excluding hydrogens is 397 g/mol. The molecule has 0 unspecified atom stereocenters. The molecule has 3 heterocycles. The maximum absolute atomic E-state index is 14.1. The van der Waals surface area contributed by atoms with Gasteiger partial charge in [-0.25, -0.2) is 4.39 Å². The van der Waals surface area contributed by atoms with Gasteiger partial charge in [0, 0.05) is 45.1 Å². The van der Waals surface area contributed by atoms with Crippen LogP contribution < -0.4 is 4.90 Å². The summed E-state index contributed by atoms with van der Waals surface area (Å²) in [6.45, 7) is 3.31. The lowest BCUT2D eigenvalue weighted by Crippen LogP contribution is -2.44. The Morgan fingerprint density at radius 1 is 0.935 bits per heavy atom. The molecule has 1 saturated carbocycles. The van der Waals surface area contributed by atoms with Gasteiger partial charge in [0.25, 0.3) is 0 Å². The van der Waals surface area contributed by atoms with Gasteiger partial charge in [-0.15, -0.1) is 0 Å². The van der Waals surface area contributed by atoms with Crippen molar-refractivity contribution in [1.82, 2.24) is 9.80 Å². The molecular formula is C24H30FN3O3. The van der Waals surface area contributed by atoms with E-state index in [1.165, 1.54) is 17.4 Å². The number of hydrogen-bond acceptors (Lipinski definition) is 3. The van der Waals surface area contributed by atoms with Gasteiger partial charge in [0.05, 0.1) is 11.6 Å². The molecule has 166 valence electrons. The third-order valence-corrected chi connectivity index (χ3v) is 7.84. The van der Waals surface area contributed by atoms with Gasteiger partial charge in [-0.1, -0.05) is 12.1 Å². The van der Waals surface area contributed by atoms with E-state index in [9.17, 15) is 18.8 Å². The molecule has 2 atom stereocenters. The van der Waals surface area contributed by atoms with Crippen LogP contribution in [0.4, 0.5) is 10.1 Å². The summed E-state index contributed by atoms with van der Waals surface area (Å²) in [4.78, 5) is 43.7. The van der Waals surface area contributed by atoms with E-state index in [2.05, 4.69) is 0 Å². The lowest BCUT2D eigenvalue weighted by Gasteiger charge is -2.35. The van der Waals surface area contributed by atoms with Crippen LogP contribution in [0, 0.1) is 23.1 Å². The molecule has 1 spiro atoms. The van der Waals surface area contributed by atoms with Crippen molar-refractivity contribution in [2.75, 3.05) is 37.6 Å². The molecule has 3 aliphatic heterocycles. The molecule has 3 saturated heterocycles. The number of benzene rings is 1. The summed E-state index contributed by atoms with van der Waals surface area (Å²) in [5.41, 5.74) is 0.327. The second kappa shape index (κ2) is 7.92. The Morgan fingerprint density at radius 2 is 1.61 bits per heavy atom. The van der Waals surface area contributed by atoms with Crippen LogP contribution in [-0.4, -0.2) is 60.2 Å². The second-order valence-electron chi connectivity index (χ2n) is 9.69. The first kappa shape index (κ1) is 20.5. The fourth-order valence-corrected chi connectivity index (χ4v) is 5.79. The van der Waals surface area contributed by atoms with E-state index in [1.54, 1.807) is 18.2 Å². The van der Waals surface area contributed by atoms with Crippen molar-refractivity contribution >= 4 is 23.4 Å². The average Bonchev–Trinajstić information content (AvgIpc) is 3.35. The molecule has 4 fully saturated rings. The van der Waals surface area contributed by atoms with Crippen LogP contribution in [0.25, 0.3) is 0 Å². The van der Waals surface area contributed by atoms with Crippen LogP contribution in [0.3, 0.4) is 0 Å². The monoisotopic (exact) mass is 427 g/mol. The summed E-state index contributed by atoms with van der Waals surface area (Å²) in [6, 6.07) is 6.20. The van der Waals surface area contributed by atoms with Crippen LogP contribution in [-0.2, 0) is 14.4 Å². The third kappa shape index (κ3) is 3.72. The van der Waals surface area contributed by atoms with Gasteiger partial charge in [0.2, 0.25) is 17.7 Å². The summed E-state index contributed by atoms with van der Waals surface area (Å²) < 4.78 is 14.1. The van der Waals surface area contributed by atoms with Crippen molar-refractivity contribution in [3.05, 3.63) is 30.1 Å². The minimum Gasteiger partial charge on any atom is -0.342 e. The van der Waals surface area contributed by atoms with Crippen molar-refractivity contribution in [1.29, 1.82) is 0 Å². The van der Waals surface area contributed by atoms with Gasteiger partial charge in [-0.2, -0.15) is 0 Å². The van der Waals surface area contributed by atoms with Gasteiger partial charge in [-0.05, 0) is 56.1 Å². The minimum absolute atomic E-state index is 0.0124. The van der Waals surface area contributed by atoms with Gasteiger partial charge in [0.1, 0.15) is 5.82 Å². The highest BCUT2D eigenvalue weighted by molar-refractivity contribution is 6.00. The average molecular weight is 428 g/mol. The van der Waals surface area contributed by atoms with Crippen LogP contribution in [0.1, 0.15) is 44.9 Å². The van der Waals surface area contributed by atoms with Crippen molar-refractivity contribution < 1.29 is 18.8 Å². The van der Waals surface area contributed by atoms with Crippen molar-refractivity contribution in [3.63, 3.8) is 0 Å². The Labute approximate surface area is 182 Å². The highest BCUT2D eigenvalue weighted by Crippen LogP contribution is 2.60. The standard InChI is InChI=1S/C24H30FN3O3/c25-19-6-2-3-7-20(19)28-16-17(14-21(28)29)22(30)27-12-8-24(9-13-27)15-18(24)23(31)26-10-4-1-5-11-26/h2-3,6-7,17-18H,1,4-5,8-16H2/t17-,18+/m0/s1. The topological polar surface area (TPSA) is 60.9 Å². The molecule has 1 aromatic rings. The molecule has 0 aromatic heterocycles. The lowest BCUT2D eigenvalue weighted by atomic mass is 9.89. The normalized spacial score (nSPS) is 27.6. The van der Waals surface area contributed by atoms with E-state index in [0.717, 1.165) is 45.2 Å². The highest BCUT2D eigenvalue weighted by atomic mass is 19.1. The molecule has 31 heavy (non-hydrogen) atoms. The van der Waals surface area contributed by atoms with Gasteiger partial charge in [-0.3, -0.25) is 14.4 Å². The molecule has 1 aromatic carbocycles. The number of para-hydroxylation sites is 1. The summed E-state index contributed by atoms with van der Waals surface area (Å²) in [7, 11) is 0. The predicted octanol–water partition coefficient (Wildman–Crippen LogP) is 2.82. The number of likely N-dealkylation sites (tertiary alicyclic amines) is 2. The first-order chi connectivity index (χ1) is 15.0. The van der Waals surface area contributed by atoms with E-state index in [0.29, 0.717) is 19.0 Å². The van der Waals surface area contributed by atoms with E-state index in [-0.39, 0.29) is 41.8 Å². The number of carbonyl (C=O) groups excluding carboxylic acids is 3. The molecule has 1 aliphatic carbocycles. The number of hydrogen-bond donors (Lipinski definition) is 0. The molecule has 3 amide bonds. The maximum Gasteiger partial charge on any atom is 0.228 e.